The summed E-state index contributed by atoms with van der Waals surface area (Å²) in [6.07, 6.45) is 13.2. The second kappa shape index (κ2) is 8.65. The molecule has 2 atom stereocenters. The molecular weight excluding hydrogens is 346 g/mol. The molecule has 0 bridgehead atoms. The largest absolute Gasteiger partial charge is 0.351 e. The number of hydrogen-bond acceptors (Lipinski definition) is 4. The average Bonchev–Trinajstić information content (AvgIpc) is 3.23. The van der Waals surface area contributed by atoms with Crippen molar-refractivity contribution < 1.29 is 0 Å². The molecule has 0 unspecified atom stereocenters. The van der Waals surface area contributed by atoms with Crippen LogP contribution in [0.1, 0.15) is 66.0 Å². The molecule has 1 fully saturated rings. The van der Waals surface area contributed by atoms with Gasteiger partial charge in [0, 0.05) is 18.6 Å². The molecule has 0 spiro atoms. The lowest BCUT2D eigenvalue weighted by atomic mass is 9.88. The SMILES string of the molecule is Cc1cccnc1[C@H]1CCC[C@@H](c2ncccc2C)N1CCCc1c[nH]cn1. The number of aromatic nitrogens is 4. The van der Waals surface area contributed by atoms with Gasteiger partial charge in [0.15, 0.2) is 0 Å². The van der Waals surface area contributed by atoms with E-state index in [4.69, 9.17) is 9.97 Å². The van der Waals surface area contributed by atoms with Crippen molar-refractivity contribution in [2.75, 3.05) is 6.54 Å². The molecule has 1 N–H and O–H groups in total. The lowest BCUT2D eigenvalue weighted by Gasteiger charge is -2.42. The Morgan fingerprint density at radius 2 is 1.61 bits per heavy atom. The van der Waals surface area contributed by atoms with Crippen molar-refractivity contribution in [3.8, 4) is 0 Å². The summed E-state index contributed by atoms with van der Waals surface area (Å²) in [5.74, 6) is 0. The fourth-order valence-corrected chi connectivity index (χ4v) is 4.52. The highest BCUT2D eigenvalue weighted by molar-refractivity contribution is 5.26. The number of piperidine rings is 1. The molecule has 1 saturated heterocycles. The number of aryl methyl sites for hydroxylation is 3. The van der Waals surface area contributed by atoms with E-state index in [0.29, 0.717) is 12.1 Å². The number of hydrogen-bond donors (Lipinski definition) is 1. The molecule has 3 aromatic rings. The Hall–Kier alpha value is -2.53. The molecule has 0 aliphatic carbocycles. The van der Waals surface area contributed by atoms with E-state index in [1.54, 1.807) is 6.33 Å². The van der Waals surface area contributed by atoms with Crippen LogP contribution < -0.4 is 0 Å². The fourth-order valence-electron chi connectivity index (χ4n) is 4.52. The molecule has 4 heterocycles. The third-order valence-corrected chi connectivity index (χ3v) is 5.89. The van der Waals surface area contributed by atoms with Crippen LogP contribution in [0.15, 0.2) is 49.2 Å². The third kappa shape index (κ3) is 3.99. The molecule has 4 rings (SSSR count). The molecule has 5 nitrogen and oxygen atoms in total. The van der Waals surface area contributed by atoms with Crippen LogP contribution in [0.5, 0.6) is 0 Å². The lowest BCUT2D eigenvalue weighted by molar-refractivity contribution is 0.0749. The summed E-state index contributed by atoms with van der Waals surface area (Å²) in [6, 6.07) is 9.12. The summed E-state index contributed by atoms with van der Waals surface area (Å²) in [4.78, 5) is 19.7. The van der Waals surface area contributed by atoms with E-state index in [2.05, 4.69) is 40.8 Å². The van der Waals surface area contributed by atoms with Crippen molar-refractivity contribution >= 4 is 0 Å². The Morgan fingerprint density at radius 1 is 0.964 bits per heavy atom. The Balaban J connectivity index is 1.62. The molecule has 0 aromatic carbocycles. The molecule has 0 saturated carbocycles. The normalized spacial score (nSPS) is 20.4. The topological polar surface area (TPSA) is 57.7 Å². The van der Waals surface area contributed by atoms with Gasteiger partial charge in [-0.2, -0.15) is 0 Å². The summed E-state index contributed by atoms with van der Waals surface area (Å²) in [7, 11) is 0. The van der Waals surface area contributed by atoms with E-state index >= 15 is 0 Å². The third-order valence-electron chi connectivity index (χ3n) is 5.89. The van der Waals surface area contributed by atoms with Crippen LogP contribution >= 0.6 is 0 Å². The molecule has 28 heavy (non-hydrogen) atoms. The van der Waals surface area contributed by atoms with Gasteiger partial charge >= 0.3 is 0 Å². The maximum absolute atomic E-state index is 4.78. The summed E-state index contributed by atoms with van der Waals surface area (Å²) < 4.78 is 0. The smallest absolute Gasteiger partial charge is 0.0923 e. The molecule has 5 heteroatoms. The summed E-state index contributed by atoms with van der Waals surface area (Å²) in [5, 5.41) is 0. The van der Waals surface area contributed by atoms with Crippen molar-refractivity contribution in [2.45, 2.75) is 58.0 Å². The minimum Gasteiger partial charge on any atom is -0.351 e. The molecule has 146 valence electrons. The Kier molecular flexibility index (Phi) is 5.81. The predicted molar refractivity (Wildman–Crippen MR) is 111 cm³/mol. The van der Waals surface area contributed by atoms with Gasteiger partial charge in [-0.25, -0.2) is 4.98 Å². The predicted octanol–water partition coefficient (Wildman–Crippen LogP) is 4.72. The van der Waals surface area contributed by atoms with Crippen molar-refractivity contribution in [3.63, 3.8) is 0 Å². The van der Waals surface area contributed by atoms with E-state index in [-0.39, 0.29) is 0 Å². The van der Waals surface area contributed by atoms with Crippen LogP contribution in [0.25, 0.3) is 0 Å². The second-order valence-electron chi connectivity index (χ2n) is 7.78. The first kappa shape index (κ1) is 18.8. The molecule has 0 amide bonds. The van der Waals surface area contributed by atoms with Gasteiger partial charge in [-0.1, -0.05) is 12.1 Å². The molecular formula is C23H29N5. The summed E-state index contributed by atoms with van der Waals surface area (Å²) >= 11 is 0. The fraction of sp³-hybridized carbons (Fsp3) is 0.435. The number of nitrogens with zero attached hydrogens (tertiary/aromatic N) is 4. The molecule has 3 aromatic heterocycles. The van der Waals surface area contributed by atoms with Crippen LogP contribution in [0.2, 0.25) is 0 Å². The number of pyridine rings is 2. The van der Waals surface area contributed by atoms with Gasteiger partial charge < -0.3 is 4.98 Å². The maximum atomic E-state index is 4.78. The first-order chi connectivity index (χ1) is 13.7. The number of likely N-dealkylation sites (tertiary alicyclic amines) is 1. The number of imidazole rings is 1. The Labute approximate surface area is 167 Å². The number of rotatable bonds is 6. The first-order valence-electron chi connectivity index (χ1n) is 10.3. The van der Waals surface area contributed by atoms with Crippen molar-refractivity contribution in [1.29, 1.82) is 0 Å². The van der Waals surface area contributed by atoms with E-state index in [0.717, 1.165) is 37.9 Å². The van der Waals surface area contributed by atoms with Crippen LogP contribution in [-0.2, 0) is 6.42 Å². The average molecular weight is 376 g/mol. The molecule has 1 aliphatic heterocycles. The van der Waals surface area contributed by atoms with Crippen molar-refractivity contribution in [2.24, 2.45) is 0 Å². The lowest BCUT2D eigenvalue weighted by Crippen LogP contribution is -2.38. The zero-order valence-electron chi connectivity index (χ0n) is 16.8. The second-order valence-corrected chi connectivity index (χ2v) is 7.78. The molecule has 1 aliphatic rings. The van der Waals surface area contributed by atoms with E-state index in [1.807, 2.05) is 30.7 Å². The van der Waals surface area contributed by atoms with Crippen LogP contribution in [0.3, 0.4) is 0 Å². The number of H-pyrrole nitrogens is 1. The van der Waals surface area contributed by atoms with E-state index < -0.39 is 0 Å². The first-order valence-corrected chi connectivity index (χ1v) is 10.3. The van der Waals surface area contributed by atoms with Gasteiger partial charge in [0.05, 0.1) is 35.5 Å². The van der Waals surface area contributed by atoms with Gasteiger partial charge in [-0.05, 0) is 75.8 Å². The summed E-state index contributed by atoms with van der Waals surface area (Å²) in [6.45, 7) is 5.38. The van der Waals surface area contributed by atoms with Gasteiger partial charge in [0.25, 0.3) is 0 Å². The quantitative estimate of drug-likeness (QED) is 0.677. The summed E-state index contributed by atoms with van der Waals surface area (Å²) in [5.41, 5.74) is 6.14. The standard InChI is InChI=1S/C23H29N5/c1-17-7-4-12-25-22(17)20-10-3-11-21(23-18(2)8-5-13-26-23)28(20)14-6-9-19-15-24-16-27-19/h4-5,7-8,12-13,15-16,20-21H,3,6,9-11,14H2,1-2H3,(H,24,27)/t20-,21+. The zero-order valence-corrected chi connectivity index (χ0v) is 16.8. The van der Waals surface area contributed by atoms with E-state index in [9.17, 15) is 0 Å². The van der Waals surface area contributed by atoms with Crippen LogP contribution in [0.4, 0.5) is 0 Å². The Morgan fingerprint density at radius 3 is 2.14 bits per heavy atom. The van der Waals surface area contributed by atoms with Gasteiger partial charge in [0.1, 0.15) is 0 Å². The highest BCUT2D eigenvalue weighted by atomic mass is 15.2. The van der Waals surface area contributed by atoms with Gasteiger partial charge in [-0.3, -0.25) is 14.9 Å². The number of aromatic amines is 1. The van der Waals surface area contributed by atoms with E-state index in [1.165, 1.54) is 28.9 Å². The number of nitrogens with one attached hydrogen (secondary N) is 1. The highest BCUT2D eigenvalue weighted by Crippen LogP contribution is 2.42. The van der Waals surface area contributed by atoms with Crippen LogP contribution in [-0.4, -0.2) is 31.4 Å². The zero-order chi connectivity index (χ0) is 19.3. The minimum absolute atomic E-state index is 0.348. The molecule has 0 radical (unpaired) electrons. The van der Waals surface area contributed by atoms with Crippen LogP contribution in [0, 0.1) is 13.8 Å². The maximum Gasteiger partial charge on any atom is 0.0923 e. The highest BCUT2D eigenvalue weighted by Gasteiger charge is 2.34. The van der Waals surface area contributed by atoms with Gasteiger partial charge in [0.2, 0.25) is 0 Å². The van der Waals surface area contributed by atoms with Crippen molar-refractivity contribution in [3.05, 3.63) is 77.4 Å². The van der Waals surface area contributed by atoms with Gasteiger partial charge in [-0.15, -0.1) is 0 Å². The minimum atomic E-state index is 0.348. The monoisotopic (exact) mass is 375 g/mol. The Bertz CT molecular complexity index is 836. The van der Waals surface area contributed by atoms with Crippen molar-refractivity contribution in [1.82, 2.24) is 24.8 Å².